The van der Waals surface area contributed by atoms with Crippen molar-refractivity contribution in [1.82, 2.24) is 4.57 Å². The number of benzene rings is 2. The monoisotopic (exact) mass is 340 g/mol. The summed E-state index contributed by atoms with van der Waals surface area (Å²) in [7, 11) is 1.53. The summed E-state index contributed by atoms with van der Waals surface area (Å²) >= 11 is 0. The Labute approximate surface area is 144 Å². The summed E-state index contributed by atoms with van der Waals surface area (Å²) in [6.07, 6.45) is 2.20. The summed E-state index contributed by atoms with van der Waals surface area (Å²) in [6, 6.07) is 9.63. The average molecular weight is 340 g/mol. The first-order chi connectivity index (χ1) is 12.0. The molecule has 0 fully saturated rings. The van der Waals surface area contributed by atoms with Crippen molar-refractivity contribution in [1.29, 1.82) is 0 Å². The molecule has 128 valence electrons. The van der Waals surface area contributed by atoms with Gasteiger partial charge in [0.2, 0.25) is 5.91 Å². The molecule has 1 aromatic heterocycles. The van der Waals surface area contributed by atoms with Crippen molar-refractivity contribution >= 4 is 28.8 Å². The van der Waals surface area contributed by atoms with Crippen molar-refractivity contribution in [3.05, 3.63) is 59.5 Å². The van der Waals surface area contributed by atoms with Gasteiger partial charge in [0, 0.05) is 22.7 Å². The number of methoxy groups -OCH3 is 1. The van der Waals surface area contributed by atoms with Gasteiger partial charge in [-0.3, -0.25) is 9.59 Å². The molecule has 0 bridgehead atoms. The lowest BCUT2D eigenvalue weighted by atomic mass is 10.2. The van der Waals surface area contributed by atoms with Crippen LogP contribution in [-0.2, 0) is 11.3 Å². The fourth-order valence-corrected chi connectivity index (χ4v) is 2.79. The highest BCUT2D eigenvalue weighted by Crippen LogP contribution is 2.26. The van der Waals surface area contributed by atoms with Gasteiger partial charge in [0.1, 0.15) is 18.1 Å². The second-order valence-electron chi connectivity index (χ2n) is 5.74. The summed E-state index contributed by atoms with van der Waals surface area (Å²) < 4.78 is 20.3. The van der Waals surface area contributed by atoms with Crippen molar-refractivity contribution < 1.29 is 18.7 Å². The Morgan fingerprint density at radius 3 is 2.80 bits per heavy atom. The first kappa shape index (κ1) is 16.7. The first-order valence-electron chi connectivity index (χ1n) is 7.70. The molecule has 5 nitrogen and oxygen atoms in total. The van der Waals surface area contributed by atoms with Crippen molar-refractivity contribution in [3.8, 4) is 5.75 Å². The molecular weight excluding hydrogens is 323 g/mol. The van der Waals surface area contributed by atoms with Gasteiger partial charge in [0.05, 0.1) is 12.8 Å². The lowest BCUT2D eigenvalue weighted by molar-refractivity contribution is -0.116. The quantitative estimate of drug-likeness (QED) is 0.723. The zero-order chi connectivity index (χ0) is 18.0. The SMILES string of the molecule is COc1ccc(C)cc1NC(=O)Cn1cc(C=O)c2cc(F)ccc21. The van der Waals surface area contributed by atoms with E-state index < -0.39 is 5.82 Å². The number of hydrogen-bond acceptors (Lipinski definition) is 3. The van der Waals surface area contributed by atoms with Crippen LogP contribution in [0.4, 0.5) is 10.1 Å². The lowest BCUT2D eigenvalue weighted by Gasteiger charge is -2.12. The number of carbonyl (C=O) groups is 2. The van der Waals surface area contributed by atoms with Crippen molar-refractivity contribution in [2.24, 2.45) is 0 Å². The first-order valence-corrected chi connectivity index (χ1v) is 7.70. The lowest BCUT2D eigenvalue weighted by Crippen LogP contribution is -2.18. The molecule has 1 amide bonds. The van der Waals surface area contributed by atoms with Crippen molar-refractivity contribution in [2.45, 2.75) is 13.5 Å². The van der Waals surface area contributed by atoms with Crippen molar-refractivity contribution in [3.63, 3.8) is 0 Å². The smallest absolute Gasteiger partial charge is 0.244 e. The molecule has 6 heteroatoms. The van der Waals surface area contributed by atoms with E-state index in [2.05, 4.69) is 5.32 Å². The van der Waals surface area contributed by atoms with Gasteiger partial charge in [-0.05, 0) is 42.8 Å². The Hall–Kier alpha value is -3.15. The highest BCUT2D eigenvalue weighted by molar-refractivity contribution is 5.99. The molecule has 2 aromatic carbocycles. The molecule has 1 heterocycles. The minimum Gasteiger partial charge on any atom is -0.495 e. The minimum atomic E-state index is -0.428. The molecule has 0 aliphatic rings. The molecule has 0 spiro atoms. The summed E-state index contributed by atoms with van der Waals surface area (Å²) in [4.78, 5) is 23.6. The number of halogens is 1. The number of amides is 1. The van der Waals surface area contributed by atoms with E-state index in [0.29, 0.717) is 34.2 Å². The largest absolute Gasteiger partial charge is 0.495 e. The van der Waals surface area contributed by atoms with E-state index in [9.17, 15) is 14.0 Å². The molecule has 0 aliphatic heterocycles. The second-order valence-corrected chi connectivity index (χ2v) is 5.74. The summed E-state index contributed by atoms with van der Waals surface area (Å²) in [5, 5.41) is 3.29. The number of carbonyl (C=O) groups excluding carboxylic acids is 2. The van der Waals surface area contributed by atoms with E-state index in [-0.39, 0.29) is 12.5 Å². The van der Waals surface area contributed by atoms with E-state index in [0.717, 1.165) is 5.56 Å². The maximum absolute atomic E-state index is 13.4. The van der Waals surface area contributed by atoms with Crippen LogP contribution in [0, 0.1) is 12.7 Å². The number of nitrogens with zero attached hydrogens (tertiary/aromatic N) is 1. The molecule has 0 aliphatic carbocycles. The molecule has 1 N–H and O–H groups in total. The third kappa shape index (κ3) is 3.38. The highest BCUT2D eigenvalue weighted by Gasteiger charge is 2.13. The number of ether oxygens (including phenoxy) is 1. The highest BCUT2D eigenvalue weighted by atomic mass is 19.1. The Balaban J connectivity index is 1.88. The van der Waals surface area contributed by atoms with Crippen LogP contribution in [0.5, 0.6) is 5.75 Å². The molecule has 0 atom stereocenters. The molecule has 0 saturated carbocycles. The van der Waals surface area contributed by atoms with E-state index in [4.69, 9.17) is 4.74 Å². The van der Waals surface area contributed by atoms with Crippen molar-refractivity contribution in [2.75, 3.05) is 12.4 Å². The van der Waals surface area contributed by atoms with Crippen LogP contribution in [0.15, 0.2) is 42.6 Å². The van der Waals surface area contributed by atoms with Gasteiger partial charge < -0.3 is 14.6 Å². The Kier molecular flexibility index (Phi) is 4.52. The van der Waals surface area contributed by atoms with Crippen LogP contribution >= 0.6 is 0 Å². The van der Waals surface area contributed by atoms with E-state index in [1.54, 1.807) is 22.9 Å². The fraction of sp³-hybridized carbons (Fsp3) is 0.158. The molecule has 0 unspecified atom stereocenters. The minimum absolute atomic E-state index is 0.00688. The number of aromatic nitrogens is 1. The maximum Gasteiger partial charge on any atom is 0.244 e. The van der Waals surface area contributed by atoms with Gasteiger partial charge in [0.15, 0.2) is 6.29 Å². The molecule has 25 heavy (non-hydrogen) atoms. The van der Waals surface area contributed by atoms with Crippen LogP contribution in [-0.4, -0.2) is 23.9 Å². The Morgan fingerprint density at radius 1 is 1.28 bits per heavy atom. The number of hydrogen-bond donors (Lipinski definition) is 1. The second kappa shape index (κ2) is 6.76. The number of fused-ring (bicyclic) bond motifs is 1. The number of aldehydes is 1. The third-order valence-corrected chi connectivity index (χ3v) is 3.94. The Morgan fingerprint density at radius 2 is 2.08 bits per heavy atom. The van der Waals surface area contributed by atoms with Crippen LogP contribution in [0.2, 0.25) is 0 Å². The van der Waals surface area contributed by atoms with Crippen LogP contribution in [0.25, 0.3) is 10.9 Å². The predicted octanol–water partition coefficient (Wildman–Crippen LogP) is 3.55. The van der Waals surface area contributed by atoms with E-state index in [1.165, 1.54) is 19.2 Å². The fourth-order valence-electron chi connectivity index (χ4n) is 2.79. The third-order valence-electron chi connectivity index (χ3n) is 3.94. The van der Waals surface area contributed by atoms with Gasteiger partial charge in [-0.2, -0.15) is 0 Å². The average Bonchev–Trinajstić information content (AvgIpc) is 2.91. The molecular formula is C19H17FN2O3. The Bertz CT molecular complexity index is 963. The normalized spacial score (nSPS) is 10.7. The number of anilines is 1. The number of rotatable bonds is 5. The summed E-state index contributed by atoms with van der Waals surface area (Å²) in [5.74, 6) is -0.142. The summed E-state index contributed by atoms with van der Waals surface area (Å²) in [6.45, 7) is 1.91. The molecule has 3 aromatic rings. The summed E-state index contributed by atoms with van der Waals surface area (Å²) in [5.41, 5.74) is 2.53. The van der Waals surface area contributed by atoms with Gasteiger partial charge in [-0.15, -0.1) is 0 Å². The van der Waals surface area contributed by atoms with Gasteiger partial charge >= 0.3 is 0 Å². The van der Waals surface area contributed by atoms with Gasteiger partial charge in [-0.25, -0.2) is 4.39 Å². The zero-order valence-corrected chi connectivity index (χ0v) is 13.9. The zero-order valence-electron chi connectivity index (χ0n) is 13.9. The molecule has 0 radical (unpaired) electrons. The van der Waals surface area contributed by atoms with Gasteiger partial charge in [0.25, 0.3) is 0 Å². The standard InChI is InChI=1S/C19H17FN2O3/c1-12-3-6-18(25-2)16(7-12)21-19(24)10-22-9-13(11-23)15-8-14(20)4-5-17(15)22/h3-9,11H,10H2,1-2H3,(H,21,24). The number of aryl methyl sites for hydroxylation is 1. The number of nitrogens with one attached hydrogen (secondary N) is 1. The van der Waals surface area contributed by atoms with Crippen LogP contribution in [0.3, 0.4) is 0 Å². The van der Waals surface area contributed by atoms with E-state index >= 15 is 0 Å². The predicted molar refractivity (Wildman–Crippen MR) is 93.6 cm³/mol. The van der Waals surface area contributed by atoms with Gasteiger partial charge in [-0.1, -0.05) is 6.07 Å². The van der Waals surface area contributed by atoms with Crippen LogP contribution in [0.1, 0.15) is 15.9 Å². The molecule has 3 rings (SSSR count). The molecule has 0 saturated heterocycles. The van der Waals surface area contributed by atoms with E-state index in [1.807, 2.05) is 19.1 Å². The van der Waals surface area contributed by atoms with Crippen LogP contribution < -0.4 is 10.1 Å². The topological polar surface area (TPSA) is 60.3 Å². The maximum atomic E-state index is 13.4.